The highest BCUT2D eigenvalue weighted by Gasteiger charge is 2.43. The first-order chi connectivity index (χ1) is 11.9. The average molecular weight is 401 g/mol. The van der Waals surface area contributed by atoms with Gasteiger partial charge in [-0.15, -0.1) is 0 Å². The maximum atomic E-state index is 12.5. The van der Waals surface area contributed by atoms with E-state index in [0.717, 1.165) is 0 Å². The molecule has 0 aromatic heterocycles. The van der Waals surface area contributed by atoms with Crippen molar-refractivity contribution in [3.05, 3.63) is 0 Å². The van der Waals surface area contributed by atoms with Crippen molar-refractivity contribution in [2.75, 3.05) is 13.2 Å². The molecule has 0 N–H and O–H groups in total. The van der Waals surface area contributed by atoms with Gasteiger partial charge in [0.1, 0.15) is 13.2 Å². The van der Waals surface area contributed by atoms with Crippen molar-refractivity contribution in [3.8, 4) is 12.1 Å². The van der Waals surface area contributed by atoms with Crippen LogP contribution in [0.25, 0.3) is 0 Å². The molecule has 0 spiro atoms. The molecule has 0 bridgehead atoms. The number of nitrogens with zero attached hydrogens (tertiary/aromatic N) is 2. The molecule has 0 aromatic rings. The Morgan fingerprint density at radius 2 is 1.08 bits per heavy atom. The van der Waals surface area contributed by atoms with Gasteiger partial charge in [0.25, 0.3) is 0 Å². The fourth-order valence-electron chi connectivity index (χ4n) is 1.79. The van der Waals surface area contributed by atoms with E-state index >= 15 is 0 Å². The predicted octanol–water partition coefficient (Wildman–Crippen LogP) is 2.34. The molecule has 0 aliphatic carbocycles. The highest BCUT2D eigenvalue weighted by atomic mass is 28.4. The zero-order valence-electron chi connectivity index (χ0n) is 16.3. The molecule has 0 amide bonds. The zero-order valence-corrected chi connectivity index (χ0v) is 18.3. The number of carbonyl (C=O) groups excluding carboxylic acids is 2. The third-order valence-corrected chi connectivity index (χ3v) is 4.54. The Labute approximate surface area is 157 Å². The average Bonchev–Trinajstić information content (AvgIpc) is 2.49. The Morgan fingerprint density at radius 1 is 0.769 bits per heavy atom. The van der Waals surface area contributed by atoms with Gasteiger partial charge in [-0.3, -0.25) is 0 Å². The number of hydrogen-bond acceptors (Lipinski definition) is 8. The van der Waals surface area contributed by atoms with Crippen LogP contribution >= 0.6 is 0 Å². The van der Waals surface area contributed by atoms with Gasteiger partial charge in [0, 0.05) is 0 Å². The second-order valence-corrected chi connectivity index (χ2v) is 16.4. The van der Waals surface area contributed by atoms with E-state index in [1.807, 2.05) is 51.4 Å². The molecule has 0 saturated heterocycles. The molecular weight excluding hydrogens is 372 g/mol. The van der Waals surface area contributed by atoms with Gasteiger partial charge in [0.05, 0.1) is 25.0 Å². The lowest BCUT2D eigenvalue weighted by Crippen LogP contribution is -2.53. The summed E-state index contributed by atoms with van der Waals surface area (Å²) < 4.78 is 21.9. The van der Waals surface area contributed by atoms with Crippen molar-refractivity contribution in [2.45, 2.75) is 64.3 Å². The largest absolute Gasteiger partial charge is 0.463 e. The van der Waals surface area contributed by atoms with E-state index in [4.69, 9.17) is 28.8 Å². The van der Waals surface area contributed by atoms with Crippen molar-refractivity contribution in [1.29, 1.82) is 10.5 Å². The summed E-state index contributed by atoms with van der Waals surface area (Å²) in [6.07, 6.45) is -2.47. The highest BCUT2D eigenvalue weighted by molar-refractivity contribution is 6.70. The lowest BCUT2D eigenvalue weighted by atomic mass is 10.2. The van der Waals surface area contributed by atoms with Crippen molar-refractivity contribution < 1.29 is 27.9 Å². The Kier molecular flexibility index (Phi) is 10.3. The molecule has 0 aliphatic rings. The summed E-state index contributed by atoms with van der Waals surface area (Å²) in [5.41, 5.74) is 0. The highest BCUT2D eigenvalue weighted by Crippen LogP contribution is 2.19. The van der Waals surface area contributed by atoms with Gasteiger partial charge in [-0.1, -0.05) is 0 Å². The van der Waals surface area contributed by atoms with Crippen LogP contribution < -0.4 is 0 Å². The van der Waals surface area contributed by atoms with Gasteiger partial charge in [-0.2, -0.15) is 10.5 Å². The van der Waals surface area contributed by atoms with E-state index < -0.39 is 40.8 Å². The topological polar surface area (TPSA) is 119 Å². The Bertz CT molecular complexity index is 507. The Balaban J connectivity index is 5.53. The van der Waals surface area contributed by atoms with Gasteiger partial charge in [0.2, 0.25) is 0 Å². The molecule has 26 heavy (non-hydrogen) atoms. The van der Waals surface area contributed by atoms with E-state index in [0.29, 0.717) is 0 Å². The minimum atomic E-state index is -2.24. The van der Waals surface area contributed by atoms with Gasteiger partial charge in [0.15, 0.2) is 28.8 Å². The zero-order chi connectivity index (χ0) is 20.4. The normalized spacial score (nSPS) is 13.8. The SMILES string of the molecule is C[Si](C)(C)OC(C(=O)OCCC#N)C(O[Si](C)(C)C)C(=O)OCCC#N. The number of ether oxygens (including phenoxy) is 2. The van der Waals surface area contributed by atoms with Crippen LogP contribution in [0.5, 0.6) is 0 Å². The van der Waals surface area contributed by atoms with Crippen LogP contribution in [0.2, 0.25) is 39.3 Å². The molecule has 8 nitrogen and oxygen atoms in total. The molecule has 2 unspecified atom stereocenters. The summed E-state index contributed by atoms with van der Waals surface area (Å²) >= 11 is 0. The summed E-state index contributed by atoms with van der Waals surface area (Å²) in [6, 6.07) is 3.76. The summed E-state index contributed by atoms with van der Waals surface area (Å²) in [7, 11) is -4.49. The van der Waals surface area contributed by atoms with Crippen molar-refractivity contribution >= 4 is 28.6 Å². The minimum absolute atomic E-state index is 0.0393. The fourth-order valence-corrected chi connectivity index (χ4v) is 3.75. The van der Waals surface area contributed by atoms with Crippen LogP contribution in [0, 0.1) is 22.7 Å². The second-order valence-electron chi connectivity index (χ2n) is 7.45. The number of rotatable bonds is 11. The molecule has 146 valence electrons. The third kappa shape index (κ3) is 11.0. The molecule has 0 heterocycles. The standard InChI is InChI=1S/C16H28N2O6Si2/c1-25(2,3)23-13(15(19)21-11-7-9-17)14(24-26(4,5)6)16(20)22-12-8-10-18/h13-14H,7-8,11-12H2,1-6H3. The summed E-state index contributed by atoms with van der Waals surface area (Å²) in [5.74, 6) is -1.52. The van der Waals surface area contributed by atoms with Gasteiger partial charge >= 0.3 is 11.9 Å². The lowest BCUT2D eigenvalue weighted by Gasteiger charge is -2.33. The van der Waals surface area contributed by atoms with Crippen LogP contribution in [0.15, 0.2) is 0 Å². The minimum Gasteiger partial charge on any atom is -0.463 e. The lowest BCUT2D eigenvalue weighted by molar-refractivity contribution is -0.170. The van der Waals surface area contributed by atoms with Crippen molar-refractivity contribution in [2.24, 2.45) is 0 Å². The molecule has 0 aromatic carbocycles. The second kappa shape index (κ2) is 11.1. The van der Waals surface area contributed by atoms with Crippen LogP contribution in [0.1, 0.15) is 12.8 Å². The molecule has 0 fully saturated rings. The van der Waals surface area contributed by atoms with Gasteiger partial charge in [-0.05, 0) is 39.3 Å². The maximum absolute atomic E-state index is 12.5. The number of esters is 2. The molecule has 0 rings (SSSR count). The van der Waals surface area contributed by atoms with Gasteiger partial charge in [-0.25, -0.2) is 9.59 Å². The van der Waals surface area contributed by atoms with Crippen molar-refractivity contribution in [1.82, 2.24) is 0 Å². The van der Waals surface area contributed by atoms with E-state index in [-0.39, 0.29) is 26.1 Å². The van der Waals surface area contributed by atoms with Crippen LogP contribution in [-0.4, -0.2) is 54.0 Å². The molecule has 2 atom stereocenters. The Morgan fingerprint density at radius 3 is 1.31 bits per heavy atom. The first-order valence-electron chi connectivity index (χ1n) is 8.34. The molecule has 0 radical (unpaired) electrons. The number of carbonyl (C=O) groups is 2. The van der Waals surface area contributed by atoms with Gasteiger partial charge < -0.3 is 18.3 Å². The quantitative estimate of drug-likeness (QED) is 0.294. The van der Waals surface area contributed by atoms with E-state index in [9.17, 15) is 9.59 Å². The van der Waals surface area contributed by atoms with Crippen LogP contribution in [-0.2, 0) is 27.9 Å². The van der Waals surface area contributed by atoms with Crippen LogP contribution in [0.3, 0.4) is 0 Å². The summed E-state index contributed by atoms with van der Waals surface area (Å²) in [4.78, 5) is 25.0. The first-order valence-corrected chi connectivity index (χ1v) is 15.2. The first kappa shape index (κ1) is 24.3. The van der Waals surface area contributed by atoms with E-state index in [1.54, 1.807) is 0 Å². The predicted molar refractivity (Wildman–Crippen MR) is 98.8 cm³/mol. The smallest absolute Gasteiger partial charge is 0.337 e. The number of hydrogen-bond donors (Lipinski definition) is 0. The fraction of sp³-hybridized carbons (Fsp3) is 0.750. The maximum Gasteiger partial charge on any atom is 0.337 e. The Hall–Kier alpha value is -1.73. The van der Waals surface area contributed by atoms with E-state index in [2.05, 4.69) is 0 Å². The monoisotopic (exact) mass is 400 g/mol. The third-order valence-electron chi connectivity index (χ3n) is 2.62. The summed E-state index contributed by atoms with van der Waals surface area (Å²) in [5, 5.41) is 17.2. The molecular formula is C16H28N2O6Si2. The molecule has 10 heteroatoms. The molecule has 0 saturated carbocycles. The van der Waals surface area contributed by atoms with E-state index in [1.165, 1.54) is 0 Å². The number of nitriles is 2. The van der Waals surface area contributed by atoms with Crippen LogP contribution in [0.4, 0.5) is 0 Å². The molecule has 0 aliphatic heterocycles. The summed E-state index contributed by atoms with van der Waals surface area (Å²) in [6.45, 7) is 11.0. The van der Waals surface area contributed by atoms with Crippen molar-refractivity contribution in [3.63, 3.8) is 0 Å².